The van der Waals surface area contributed by atoms with Gasteiger partial charge in [0.25, 0.3) is 0 Å². The summed E-state index contributed by atoms with van der Waals surface area (Å²) in [6, 6.07) is 0. The number of guanidine groups is 1. The van der Waals surface area contributed by atoms with Crippen LogP contribution in [-0.4, -0.2) is 37.5 Å². The molecule has 0 aromatic rings. The minimum Gasteiger partial charge on any atom is -0.356 e. The van der Waals surface area contributed by atoms with Crippen LogP contribution in [0.15, 0.2) is 4.99 Å². The third-order valence-corrected chi connectivity index (χ3v) is 4.39. The van der Waals surface area contributed by atoms with E-state index in [-0.39, 0.29) is 24.0 Å². The molecule has 2 fully saturated rings. The molecule has 0 aromatic carbocycles. The standard InChI is InChI=1S/C15H29N3.HI/c1-4-8-15(2)9-5-10-18(12-15)14(16-3)17-11-13-6-7-13;/h13H,4-12H2,1-3H3,(H,16,17);1H. The van der Waals surface area contributed by atoms with Gasteiger partial charge in [-0.25, -0.2) is 0 Å². The maximum atomic E-state index is 4.47. The molecule has 1 unspecified atom stereocenters. The highest BCUT2D eigenvalue weighted by Crippen LogP contribution is 2.34. The molecule has 112 valence electrons. The van der Waals surface area contributed by atoms with Gasteiger partial charge in [-0.15, -0.1) is 24.0 Å². The molecule has 0 radical (unpaired) electrons. The van der Waals surface area contributed by atoms with Crippen LogP contribution in [0.4, 0.5) is 0 Å². The largest absolute Gasteiger partial charge is 0.356 e. The molecule has 3 nitrogen and oxygen atoms in total. The Morgan fingerprint density at radius 3 is 2.74 bits per heavy atom. The van der Waals surface area contributed by atoms with Crippen molar-refractivity contribution in [3.63, 3.8) is 0 Å². The highest BCUT2D eigenvalue weighted by molar-refractivity contribution is 14.0. The lowest BCUT2D eigenvalue weighted by molar-refractivity contribution is 0.142. The molecule has 0 spiro atoms. The molecule has 0 bridgehead atoms. The Bertz CT molecular complexity index is 298. The lowest BCUT2D eigenvalue weighted by Crippen LogP contribution is -2.50. The van der Waals surface area contributed by atoms with Gasteiger partial charge in [0.2, 0.25) is 0 Å². The van der Waals surface area contributed by atoms with Crippen molar-refractivity contribution >= 4 is 29.9 Å². The van der Waals surface area contributed by atoms with E-state index in [1.807, 2.05) is 7.05 Å². The van der Waals surface area contributed by atoms with Gasteiger partial charge in [-0.3, -0.25) is 4.99 Å². The number of rotatable bonds is 4. The summed E-state index contributed by atoms with van der Waals surface area (Å²) in [6.45, 7) is 8.20. The maximum Gasteiger partial charge on any atom is 0.193 e. The van der Waals surface area contributed by atoms with Crippen LogP contribution >= 0.6 is 24.0 Å². The fraction of sp³-hybridized carbons (Fsp3) is 0.933. The molecule has 1 atom stereocenters. The van der Waals surface area contributed by atoms with Crippen LogP contribution in [0.2, 0.25) is 0 Å². The van der Waals surface area contributed by atoms with Crippen LogP contribution in [0, 0.1) is 11.3 Å². The minimum absolute atomic E-state index is 0. The normalized spacial score (nSPS) is 27.9. The first kappa shape index (κ1) is 17.1. The van der Waals surface area contributed by atoms with Gasteiger partial charge < -0.3 is 10.2 Å². The number of nitrogens with zero attached hydrogens (tertiary/aromatic N) is 2. The van der Waals surface area contributed by atoms with Gasteiger partial charge in [0.05, 0.1) is 0 Å². The number of nitrogens with one attached hydrogen (secondary N) is 1. The van der Waals surface area contributed by atoms with E-state index < -0.39 is 0 Å². The molecular weight excluding hydrogens is 349 g/mol. The first-order chi connectivity index (χ1) is 8.67. The highest BCUT2D eigenvalue weighted by atomic mass is 127. The number of likely N-dealkylation sites (tertiary alicyclic amines) is 1. The summed E-state index contributed by atoms with van der Waals surface area (Å²) >= 11 is 0. The predicted molar refractivity (Wildman–Crippen MR) is 93.3 cm³/mol. The Morgan fingerprint density at radius 2 is 2.16 bits per heavy atom. The summed E-state index contributed by atoms with van der Waals surface area (Å²) in [5.41, 5.74) is 0.490. The molecule has 4 heteroatoms. The van der Waals surface area contributed by atoms with Crippen LogP contribution < -0.4 is 5.32 Å². The predicted octanol–water partition coefficient (Wildman–Crippen LogP) is 3.49. The Balaban J connectivity index is 0.00000180. The Morgan fingerprint density at radius 1 is 1.42 bits per heavy atom. The molecule has 1 N–H and O–H groups in total. The van der Waals surface area contributed by atoms with Crippen molar-refractivity contribution in [1.29, 1.82) is 0 Å². The van der Waals surface area contributed by atoms with Crippen LogP contribution in [0.3, 0.4) is 0 Å². The second kappa shape index (κ2) is 7.70. The molecule has 1 aliphatic heterocycles. The van der Waals surface area contributed by atoms with Crippen LogP contribution in [0.25, 0.3) is 0 Å². The lowest BCUT2D eigenvalue weighted by atomic mass is 9.78. The monoisotopic (exact) mass is 379 g/mol. The van der Waals surface area contributed by atoms with Crippen molar-refractivity contribution in [2.75, 3.05) is 26.7 Å². The second-order valence-electron chi connectivity index (χ2n) is 6.46. The van der Waals surface area contributed by atoms with E-state index in [2.05, 4.69) is 29.1 Å². The Kier molecular flexibility index (Phi) is 6.91. The number of aliphatic imine (C=N–C) groups is 1. The first-order valence-corrected chi connectivity index (χ1v) is 7.62. The van der Waals surface area contributed by atoms with E-state index in [0.29, 0.717) is 5.41 Å². The molecular formula is C15H30IN3. The van der Waals surface area contributed by atoms with Crippen molar-refractivity contribution in [1.82, 2.24) is 10.2 Å². The Labute approximate surface area is 135 Å². The molecule has 1 heterocycles. The Hall–Kier alpha value is 0. The zero-order valence-electron chi connectivity index (χ0n) is 12.7. The number of halogens is 1. The van der Waals surface area contributed by atoms with Crippen molar-refractivity contribution in [2.24, 2.45) is 16.3 Å². The fourth-order valence-corrected chi connectivity index (χ4v) is 3.19. The summed E-state index contributed by atoms with van der Waals surface area (Å²) < 4.78 is 0. The molecule has 2 rings (SSSR count). The summed E-state index contributed by atoms with van der Waals surface area (Å²) in [5.74, 6) is 2.04. The molecule has 1 saturated carbocycles. The molecule has 1 saturated heterocycles. The van der Waals surface area contributed by atoms with Gasteiger partial charge in [0, 0.05) is 26.7 Å². The zero-order chi connectivity index (χ0) is 13.0. The summed E-state index contributed by atoms with van der Waals surface area (Å²) in [4.78, 5) is 6.94. The summed E-state index contributed by atoms with van der Waals surface area (Å²) in [7, 11) is 1.92. The number of hydrogen-bond acceptors (Lipinski definition) is 1. The lowest BCUT2D eigenvalue weighted by Gasteiger charge is -2.42. The summed E-state index contributed by atoms with van der Waals surface area (Å²) in [6.07, 6.45) is 8.11. The molecule has 1 aliphatic carbocycles. The third kappa shape index (κ3) is 5.12. The molecule has 2 aliphatic rings. The van der Waals surface area contributed by atoms with Gasteiger partial charge in [-0.1, -0.05) is 20.3 Å². The van der Waals surface area contributed by atoms with Gasteiger partial charge in [0.15, 0.2) is 5.96 Å². The van der Waals surface area contributed by atoms with Crippen molar-refractivity contribution in [2.45, 2.75) is 52.4 Å². The summed E-state index contributed by atoms with van der Waals surface area (Å²) in [5, 5.41) is 3.56. The van der Waals surface area contributed by atoms with E-state index in [0.717, 1.165) is 18.4 Å². The van der Waals surface area contributed by atoms with E-state index in [4.69, 9.17) is 0 Å². The smallest absolute Gasteiger partial charge is 0.193 e. The molecule has 19 heavy (non-hydrogen) atoms. The first-order valence-electron chi connectivity index (χ1n) is 7.62. The second-order valence-corrected chi connectivity index (χ2v) is 6.46. The van der Waals surface area contributed by atoms with E-state index >= 15 is 0 Å². The maximum absolute atomic E-state index is 4.47. The van der Waals surface area contributed by atoms with E-state index in [9.17, 15) is 0 Å². The van der Waals surface area contributed by atoms with Crippen molar-refractivity contribution in [3.05, 3.63) is 0 Å². The van der Waals surface area contributed by atoms with E-state index in [1.54, 1.807) is 0 Å². The third-order valence-electron chi connectivity index (χ3n) is 4.39. The topological polar surface area (TPSA) is 27.6 Å². The number of hydrogen-bond donors (Lipinski definition) is 1. The molecule has 0 amide bonds. The number of piperidine rings is 1. The van der Waals surface area contributed by atoms with Crippen molar-refractivity contribution < 1.29 is 0 Å². The quantitative estimate of drug-likeness (QED) is 0.460. The van der Waals surface area contributed by atoms with Gasteiger partial charge in [-0.2, -0.15) is 0 Å². The van der Waals surface area contributed by atoms with Gasteiger partial charge in [-0.05, 0) is 43.4 Å². The van der Waals surface area contributed by atoms with Gasteiger partial charge in [0.1, 0.15) is 0 Å². The minimum atomic E-state index is 0. The SMILES string of the molecule is CCCC1(C)CCCN(C(=NC)NCC2CC2)C1.I. The van der Waals surface area contributed by atoms with Crippen LogP contribution in [-0.2, 0) is 0 Å². The van der Waals surface area contributed by atoms with Gasteiger partial charge >= 0.3 is 0 Å². The zero-order valence-corrected chi connectivity index (χ0v) is 15.1. The highest BCUT2D eigenvalue weighted by Gasteiger charge is 2.32. The van der Waals surface area contributed by atoms with Crippen molar-refractivity contribution in [3.8, 4) is 0 Å². The van der Waals surface area contributed by atoms with E-state index in [1.165, 1.54) is 51.6 Å². The fourth-order valence-electron chi connectivity index (χ4n) is 3.19. The van der Waals surface area contributed by atoms with Crippen LogP contribution in [0.5, 0.6) is 0 Å². The average molecular weight is 379 g/mol. The molecule has 0 aromatic heterocycles. The van der Waals surface area contributed by atoms with Crippen LogP contribution in [0.1, 0.15) is 52.4 Å². The average Bonchev–Trinajstić information content (AvgIpc) is 3.14.